The maximum atomic E-state index is 14.2. The van der Waals surface area contributed by atoms with Gasteiger partial charge in [-0.25, -0.2) is 4.39 Å². The summed E-state index contributed by atoms with van der Waals surface area (Å²) in [7, 11) is 0. The highest BCUT2D eigenvalue weighted by Gasteiger charge is 2.41. The summed E-state index contributed by atoms with van der Waals surface area (Å²) >= 11 is 1.52. The normalized spacial score (nSPS) is 20.4. The molecule has 1 aromatic heterocycles. The molecule has 2 aromatic carbocycles. The summed E-state index contributed by atoms with van der Waals surface area (Å²) in [6, 6.07) is 18.1. The van der Waals surface area contributed by atoms with Gasteiger partial charge in [0.25, 0.3) is 5.91 Å². The molecule has 6 heteroatoms. The standard InChI is InChI=1S/C27H23FN2O2S/c1-16-24(27(32)30-21-10-6-5-9-20(21)28)25(18-11-12-33-15-18)26-22(29-16)13-19(14-23(26)31)17-7-3-2-4-8-17/h2-12,15,19,25,29H,13-14H2,1H3,(H,30,32)/t19-,25+/m0/s1. The van der Waals surface area contributed by atoms with Crippen LogP contribution in [-0.2, 0) is 9.59 Å². The van der Waals surface area contributed by atoms with Crippen LogP contribution in [0.1, 0.15) is 42.7 Å². The zero-order valence-electron chi connectivity index (χ0n) is 18.1. The number of para-hydroxylation sites is 1. The van der Waals surface area contributed by atoms with Crippen molar-refractivity contribution in [2.75, 3.05) is 5.32 Å². The molecule has 0 saturated heterocycles. The van der Waals surface area contributed by atoms with Crippen molar-refractivity contribution in [3.05, 3.63) is 111 Å². The number of carbonyl (C=O) groups is 2. The van der Waals surface area contributed by atoms with E-state index in [-0.39, 0.29) is 17.4 Å². The maximum absolute atomic E-state index is 14.2. The number of anilines is 1. The second kappa shape index (κ2) is 8.79. The minimum absolute atomic E-state index is 0.0393. The predicted octanol–water partition coefficient (Wildman–Crippen LogP) is 5.89. The van der Waals surface area contributed by atoms with Crippen molar-refractivity contribution in [2.24, 2.45) is 0 Å². The van der Waals surface area contributed by atoms with Crippen molar-refractivity contribution in [2.45, 2.75) is 31.6 Å². The topological polar surface area (TPSA) is 58.2 Å². The number of ketones is 1. The molecule has 4 nitrogen and oxygen atoms in total. The molecular formula is C27H23FN2O2S. The van der Waals surface area contributed by atoms with Crippen molar-refractivity contribution in [3.63, 3.8) is 0 Å². The van der Waals surface area contributed by atoms with Crippen LogP contribution in [0.2, 0.25) is 0 Å². The molecule has 0 radical (unpaired) electrons. The lowest BCUT2D eigenvalue weighted by Gasteiger charge is -2.36. The Morgan fingerprint density at radius 1 is 1.03 bits per heavy atom. The molecule has 0 fully saturated rings. The van der Waals surface area contributed by atoms with Crippen molar-refractivity contribution >= 4 is 28.7 Å². The van der Waals surface area contributed by atoms with Gasteiger partial charge >= 0.3 is 0 Å². The molecule has 0 unspecified atom stereocenters. The number of carbonyl (C=O) groups excluding carboxylic acids is 2. The third-order valence-corrected chi connectivity index (χ3v) is 7.04. The predicted molar refractivity (Wildman–Crippen MR) is 128 cm³/mol. The number of halogens is 1. The quantitative estimate of drug-likeness (QED) is 0.513. The largest absolute Gasteiger partial charge is 0.362 e. The molecule has 1 aliphatic heterocycles. The molecule has 2 aliphatic rings. The molecule has 0 saturated carbocycles. The Kier molecular flexibility index (Phi) is 5.68. The van der Waals surface area contributed by atoms with Gasteiger partial charge in [0.2, 0.25) is 0 Å². The highest BCUT2D eigenvalue weighted by Crippen LogP contribution is 2.46. The Labute approximate surface area is 195 Å². The fourth-order valence-electron chi connectivity index (χ4n) is 4.83. The van der Waals surface area contributed by atoms with Crippen molar-refractivity contribution in [1.29, 1.82) is 0 Å². The molecule has 0 bridgehead atoms. The monoisotopic (exact) mass is 458 g/mol. The summed E-state index contributed by atoms with van der Waals surface area (Å²) in [4.78, 5) is 26.9. The second-order valence-electron chi connectivity index (χ2n) is 8.42. The minimum atomic E-state index is -0.501. The summed E-state index contributed by atoms with van der Waals surface area (Å²) in [5.74, 6) is -1.26. The van der Waals surface area contributed by atoms with Gasteiger partial charge in [0, 0.05) is 34.9 Å². The van der Waals surface area contributed by atoms with Gasteiger partial charge in [-0.05, 0) is 59.3 Å². The Hall–Kier alpha value is -3.51. The van der Waals surface area contributed by atoms with Crippen LogP contribution in [0.25, 0.3) is 0 Å². The zero-order chi connectivity index (χ0) is 22.9. The van der Waals surface area contributed by atoms with Crippen molar-refractivity contribution < 1.29 is 14.0 Å². The van der Waals surface area contributed by atoms with Crippen LogP contribution < -0.4 is 10.6 Å². The lowest BCUT2D eigenvalue weighted by Crippen LogP contribution is -2.37. The zero-order valence-corrected chi connectivity index (χ0v) is 18.9. The third-order valence-electron chi connectivity index (χ3n) is 6.34. The average Bonchev–Trinajstić information content (AvgIpc) is 3.35. The smallest absolute Gasteiger partial charge is 0.254 e. The van der Waals surface area contributed by atoms with E-state index in [0.29, 0.717) is 29.7 Å². The first-order chi connectivity index (χ1) is 16.0. The van der Waals surface area contributed by atoms with Gasteiger partial charge < -0.3 is 10.6 Å². The van der Waals surface area contributed by atoms with E-state index in [2.05, 4.69) is 22.8 Å². The van der Waals surface area contributed by atoms with Crippen LogP contribution in [-0.4, -0.2) is 11.7 Å². The van der Waals surface area contributed by atoms with Gasteiger partial charge in [0.05, 0.1) is 5.69 Å². The Balaban J connectivity index is 1.54. The van der Waals surface area contributed by atoms with Gasteiger partial charge in [-0.2, -0.15) is 11.3 Å². The number of dihydropyridines is 1. The number of hydrogen-bond acceptors (Lipinski definition) is 4. The third kappa shape index (κ3) is 4.02. The van der Waals surface area contributed by atoms with E-state index in [4.69, 9.17) is 0 Å². The van der Waals surface area contributed by atoms with Gasteiger partial charge in [0.1, 0.15) is 5.82 Å². The number of amides is 1. The first-order valence-electron chi connectivity index (χ1n) is 10.9. The molecule has 0 spiro atoms. The van der Waals surface area contributed by atoms with E-state index in [1.54, 1.807) is 12.1 Å². The lowest BCUT2D eigenvalue weighted by molar-refractivity contribution is -0.116. The number of hydrogen-bond donors (Lipinski definition) is 2. The van der Waals surface area contributed by atoms with Crippen molar-refractivity contribution in [3.8, 4) is 0 Å². The molecule has 1 aliphatic carbocycles. The molecular weight excluding hydrogens is 435 g/mol. The van der Waals surface area contributed by atoms with Gasteiger partial charge in [-0.1, -0.05) is 42.5 Å². The summed E-state index contributed by atoms with van der Waals surface area (Å²) in [5.41, 5.74) is 4.80. The number of rotatable bonds is 4. The first kappa shape index (κ1) is 21.3. The Morgan fingerprint density at radius 3 is 2.52 bits per heavy atom. The summed E-state index contributed by atoms with van der Waals surface area (Å²) in [6.07, 6.45) is 1.09. The van der Waals surface area contributed by atoms with Gasteiger partial charge in [-0.3, -0.25) is 9.59 Å². The van der Waals surface area contributed by atoms with Crippen LogP contribution >= 0.6 is 11.3 Å². The summed E-state index contributed by atoms with van der Waals surface area (Å²) in [6.45, 7) is 1.84. The van der Waals surface area contributed by atoms with E-state index in [1.165, 1.54) is 23.5 Å². The summed E-state index contributed by atoms with van der Waals surface area (Å²) in [5, 5.41) is 9.98. The van der Waals surface area contributed by atoms with Crippen LogP contribution in [0.5, 0.6) is 0 Å². The lowest BCUT2D eigenvalue weighted by atomic mass is 9.72. The molecule has 5 rings (SSSR count). The molecule has 3 aromatic rings. The number of Topliss-reactive ketones (excluding diaryl/α,β-unsaturated/α-hetero) is 1. The van der Waals surface area contributed by atoms with Gasteiger partial charge in [0.15, 0.2) is 5.78 Å². The van der Waals surface area contributed by atoms with Crippen LogP contribution in [0, 0.1) is 5.82 Å². The fourth-order valence-corrected chi connectivity index (χ4v) is 5.51. The number of thiophene rings is 1. The molecule has 2 N–H and O–H groups in total. The highest BCUT2D eigenvalue weighted by molar-refractivity contribution is 7.08. The number of benzene rings is 2. The maximum Gasteiger partial charge on any atom is 0.254 e. The average molecular weight is 459 g/mol. The molecule has 2 heterocycles. The SMILES string of the molecule is CC1=C(C(=O)Nc2ccccc2F)[C@@H](c2ccsc2)C2=C(C[C@H](c3ccccc3)CC2=O)N1. The highest BCUT2D eigenvalue weighted by atomic mass is 32.1. The van der Waals surface area contributed by atoms with E-state index in [0.717, 1.165) is 16.8 Å². The van der Waals surface area contributed by atoms with Crippen molar-refractivity contribution in [1.82, 2.24) is 5.32 Å². The molecule has 2 atom stereocenters. The molecule has 1 amide bonds. The van der Waals surface area contributed by atoms with E-state index >= 15 is 0 Å². The van der Waals surface area contributed by atoms with Gasteiger partial charge in [-0.15, -0.1) is 0 Å². The first-order valence-corrected chi connectivity index (χ1v) is 11.8. The minimum Gasteiger partial charge on any atom is -0.362 e. The molecule has 33 heavy (non-hydrogen) atoms. The summed E-state index contributed by atoms with van der Waals surface area (Å²) < 4.78 is 14.2. The van der Waals surface area contributed by atoms with Crippen LogP contribution in [0.15, 0.2) is 94.0 Å². The fraction of sp³-hybridized carbons (Fsp3) is 0.185. The number of nitrogens with one attached hydrogen (secondary N) is 2. The second-order valence-corrected chi connectivity index (χ2v) is 9.20. The number of allylic oxidation sites excluding steroid dienone is 3. The molecule has 166 valence electrons. The Bertz CT molecular complexity index is 1280. The van der Waals surface area contributed by atoms with E-state index in [1.807, 2.05) is 41.9 Å². The Morgan fingerprint density at radius 2 is 1.79 bits per heavy atom. The van der Waals surface area contributed by atoms with E-state index < -0.39 is 17.6 Å². The van der Waals surface area contributed by atoms with E-state index in [9.17, 15) is 14.0 Å². The van der Waals surface area contributed by atoms with Crippen LogP contribution in [0.4, 0.5) is 10.1 Å². The van der Waals surface area contributed by atoms with Crippen LogP contribution in [0.3, 0.4) is 0 Å².